The maximum atomic E-state index is 12.3. The number of carbonyl (C=O) groups is 1. The van der Waals surface area contributed by atoms with Gasteiger partial charge in [-0.25, -0.2) is 4.79 Å². The van der Waals surface area contributed by atoms with Gasteiger partial charge in [-0.15, -0.1) is 0 Å². The summed E-state index contributed by atoms with van der Waals surface area (Å²) in [6, 6.07) is 17.7. The molecule has 5 heteroatoms. The molecule has 0 atom stereocenters. The first kappa shape index (κ1) is 18.7. The van der Waals surface area contributed by atoms with Gasteiger partial charge in [-0.1, -0.05) is 57.2 Å². The number of benzene rings is 2. The molecule has 3 aromatic rings. The summed E-state index contributed by atoms with van der Waals surface area (Å²) in [6.07, 6.45) is 3.69. The van der Waals surface area contributed by atoms with Crippen LogP contribution in [-0.4, -0.2) is 15.8 Å². The van der Waals surface area contributed by atoms with Gasteiger partial charge in [-0.3, -0.25) is 4.68 Å². The first-order valence-corrected chi connectivity index (χ1v) is 9.11. The lowest BCUT2D eigenvalue weighted by atomic mass is 9.87. The molecule has 2 N–H and O–H groups in total. The number of amides is 2. The van der Waals surface area contributed by atoms with Crippen molar-refractivity contribution in [1.82, 2.24) is 15.1 Å². The van der Waals surface area contributed by atoms with Crippen LogP contribution < -0.4 is 10.6 Å². The maximum absolute atomic E-state index is 12.3. The standard InChI is InChI=1S/C22H26N4O/c1-22(2,3)19-9-11-20(12-10-19)25-21(27)23-15-17-7-4-5-8-18(17)16-26-14-6-13-24-26/h4-14H,15-16H2,1-3H3,(H2,23,25,27). The van der Waals surface area contributed by atoms with Crippen LogP contribution in [0.1, 0.15) is 37.5 Å². The Morgan fingerprint density at radius 2 is 1.70 bits per heavy atom. The molecule has 0 bridgehead atoms. The molecule has 0 unspecified atom stereocenters. The zero-order chi connectivity index (χ0) is 19.3. The average molecular weight is 362 g/mol. The molecule has 0 aliphatic heterocycles. The molecule has 1 aromatic heterocycles. The third-order valence-corrected chi connectivity index (χ3v) is 4.46. The highest BCUT2D eigenvalue weighted by molar-refractivity contribution is 5.89. The van der Waals surface area contributed by atoms with Crippen molar-refractivity contribution < 1.29 is 4.79 Å². The normalized spacial score (nSPS) is 11.2. The zero-order valence-corrected chi connectivity index (χ0v) is 16.1. The average Bonchev–Trinajstić information content (AvgIpc) is 3.14. The summed E-state index contributed by atoms with van der Waals surface area (Å²) < 4.78 is 1.87. The van der Waals surface area contributed by atoms with Crippen molar-refractivity contribution in [1.29, 1.82) is 0 Å². The summed E-state index contributed by atoms with van der Waals surface area (Å²) in [4.78, 5) is 12.3. The Morgan fingerprint density at radius 3 is 2.33 bits per heavy atom. The molecule has 2 aromatic carbocycles. The number of hydrogen-bond donors (Lipinski definition) is 2. The fraction of sp³-hybridized carbons (Fsp3) is 0.273. The van der Waals surface area contributed by atoms with Crippen molar-refractivity contribution in [2.75, 3.05) is 5.32 Å². The van der Waals surface area contributed by atoms with E-state index in [1.54, 1.807) is 6.20 Å². The lowest BCUT2D eigenvalue weighted by Gasteiger charge is -2.19. The van der Waals surface area contributed by atoms with E-state index in [2.05, 4.69) is 54.7 Å². The van der Waals surface area contributed by atoms with Gasteiger partial charge in [0.15, 0.2) is 0 Å². The molecule has 3 rings (SSSR count). The second kappa shape index (κ2) is 8.08. The topological polar surface area (TPSA) is 59.0 Å². The molecule has 140 valence electrons. The van der Waals surface area contributed by atoms with Crippen LogP contribution >= 0.6 is 0 Å². The Balaban J connectivity index is 1.58. The van der Waals surface area contributed by atoms with Crippen LogP contribution in [0.4, 0.5) is 10.5 Å². The summed E-state index contributed by atoms with van der Waals surface area (Å²) in [5.74, 6) is 0. The minimum Gasteiger partial charge on any atom is -0.334 e. The van der Waals surface area contributed by atoms with Crippen LogP contribution in [0.3, 0.4) is 0 Å². The van der Waals surface area contributed by atoms with Gasteiger partial charge in [0.1, 0.15) is 0 Å². The van der Waals surface area contributed by atoms with Gasteiger partial charge in [0.05, 0.1) is 6.54 Å². The molecule has 0 fully saturated rings. The van der Waals surface area contributed by atoms with Crippen LogP contribution in [0.15, 0.2) is 67.0 Å². The van der Waals surface area contributed by atoms with Crippen LogP contribution in [0.5, 0.6) is 0 Å². The summed E-state index contributed by atoms with van der Waals surface area (Å²) in [7, 11) is 0. The molecule has 0 aliphatic carbocycles. The molecule has 27 heavy (non-hydrogen) atoms. The van der Waals surface area contributed by atoms with Gasteiger partial charge in [0.25, 0.3) is 0 Å². The highest BCUT2D eigenvalue weighted by atomic mass is 16.2. The number of aromatic nitrogens is 2. The Kier molecular flexibility index (Phi) is 5.60. The molecular formula is C22H26N4O. The predicted molar refractivity (Wildman–Crippen MR) is 109 cm³/mol. The summed E-state index contributed by atoms with van der Waals surface area (Å²) >= 11 is 0. The molecule has 1 heterocycles. The highest BCUT2D eigenvalue weighted by Crippen LogP contribution is 2.23. The Labute approximate surface area is 160 Å². The number of carbonyl (C=O) groups excluding carboxylic acids is 1. The monoisotopic (exact) mass is 362 g/mol. The van der Waals surface area contributed by atoms with Crippen LogP contribution in [-0.2, 0) is 18.5 Å². The van der Waals surface area contributed by atoms with Crippen molar-refractivity contribution in [3.05, 3.63) is 83.7 Å². The van der Waals surface area contributed by atoms with Gasteiger partial charge in [-0.05, 0) is 40.3 Å². The van der Waals surface area contributed by atoms with Crippen LogP contribution in [0, 0.1) is 0 Å². The maximum Gasteiger partial charge on any atom is 0.319 e. The fourth-order valence-electron chi connectivity index (χ4n) is 2.86. The number of anilines is 1. The van der Waals surface area contributed by atoms with Gasteiger partial charge in [0.2, 0.25) is 0 Å². The molecule has 0 saturated carbocycles. The Morgan fingerprint density at radius 1 is 1.00 bits per heavy atom. The fourth-order valence-corrected chi connectivity index (χ4v) is 2.86. The minimum absolute atomic E-state index is 0.0963. The van der Waals surface area contributed by atoms with Crippen molar-refractivity contribution in [3.8, 4) is 0 Å². The van der Waals surface area contributed by atoms with Crippen LogP contribution in [0.2, 0.25) is 0 Å². The third-order valence-electron chi connectivity index (χ3n) is 4.46. The molecule has 2 amide bonds. The van der Waals surface area contributed by atoms with Crippen LogP contribution in [0.25, 0.3) is 0 Å². The number of urea groups is 1. The van der Waals surface area contributed by atoms with E-state index in [-0.39, 0.29) is 11.4 Å². The van der Waals surface area contributed by atoms with E-state index >= 15 is 0 Å². The quantitative estimate of drug-likeness (QED) is 0.699. The summed E-state index contributed by atoms with van der Waals surface area (Å²) in [5, 5.41) is 10.1. The molecule has 0 aliphatic rings. The van der Waals surface area contributed by atoms with Gasteiger partial charge >= 0.3 is 6.03 Å². The number of rotatable bonds is 5. The summed E-state index contributed by atoms with van der Waals surface area (Å²) in [5.41, 5.74) is 4.33. The van der Waals surface area contributed by atoms with Crippen molar-refractivity contribution in [3.63, 3.8) is 0 Å². The second-order valence-corrected chi connectivity index (χ2v) is 7.61. The Hall–Kier alpha value is -3.08. The first-order valence-electron chi connectivity index (χ1n) is 9.11. The molecule has 5 nitrogen and oxygen atoms in total. The molecule has 0 spiro atoms. The third kappa shape index (κ3) is 5.20. The van der Waals surface area contributed by atoms with Crippen molar-refractivity contribution in [2.45, 2.75) is 39.3 Å². The van der Waals surface area contributed by atoms with E-state index in [1.165, 1.54) is 5.56 Å². The van der Waals surface area contributed by atoms with Gasteiger partial charge in [0, 0.05) is 24.6 Å². The van der Waals surface area contributed by atoms with Gasteiger partial charge in [-0.2, -0.15) is 5.10 Å². The van der Waals surface area contributed by atoms with E-state index in [1.807, 2.05) is 47.3 Å². The zero-order valence-electron chi connectivity index (χ0n) is 16.1. The van der Waals surface area contributed by atoms with E-state index in [0.29, 0.717) is 13.1 Å². The molecule has 0 saturated heterocycles. The number of nitrogens with zero attached hydrogens (tertiary/aromatic N) is 2. The SMILES string of the molecule is CC(C)(C)c1ccc(NC(=O)NCc2ccccc2Cn2cccn2)cc1. The minimum atomic E-state index is -0.215. The summed E-state index contributed by atoms with van der Waals surface area (Å²) in [6.45, 7) is 7.65. The van der Waals surface area contributed by atoms with Crippen molar-refractivity contribution >= 4 is 11.7 Å². The molecule has 0 radical (unpaired) electrons. The van der Waals surface area contributed by atoms with Gasteiger partial charge < -0.3 is 10.6 Å². The first-order chi connectivity index (χ1) is 12.9. The van der Waals surface area contributed by atoms with E-state index in [0.717, 1.165) is 16.8 Å². The van der Waals surface area contributed by atoms with E-state index in [4.69, 9.17) is 0 Å². The lowest BCUT2D eigenvalue weighted by Crippen LogP contribution is -2.28. The lowest BCUT2D eigenvalue weighted by molar-refractivity contribution is 0.251. The number of nitrogens with one attached hydrogen (secondary N) is 2. The largest absolute Gasteiger partial charge is 0.334 e. The highest BCUT2D eigenvalue weighted by Gasteiger charge is 2.13. The predicted octanol–water partition coefficient (Wildman–Crippen LogP) is 4.55. The van der Waals surface area contributed by atoms with E-state index in [9.17, 15) is 4.79 Å². The smallest absolute Gasteiger partial charge is 0.319 e. The molecular weight excluding hydrogens is 336 g/mol. The van der Waals surface area contributed by atoms with E-state index < -0.39 is 0 Å². The van der Waals surface area contributed by atoms with Crippen molar-refractivity contribution in [2.24, 2.45) is 0 Å². The second-order valence-electron chi connectivity index (χ2n) is 7.61. The number of hydrogen-bond acceptors (Lipinski definition) is 2. The Bertz CT molecular complexity index is 877.